The minimum absolute atomic E-state index is 0.335. The number of nitrogens with zero attached hydrogens (tertiary/aromatic N) is 1. The summed E-state index contributed by atoms with van der Waals surface area (Å²) in [6.45, 7) is 3.12. The normalized spacial score (nSPS) is 12.4. The summed E-state index contributed by atoms with van der Waals surface area (Å²) >= 11 is 0. The van der Waals surface area contributed by atoms with Crippen molar-refractivity contribution in [3.8, 4) is 5.75 Å². The van der Waals surface area contributed by atoms with Gasteiger partial charge < -0.3 is 14.6 Å². The van der Waals surface area contributed by atoms with Crippen LogP contribution in [-0.4, -0.2) is 49.4 Å². The maximum absolute atomic E-state index is 11.0. The second-order valence-corrected chi connectivity index (χ2v) is 4.29. The molecule has 0 heterocycles. The average molecular weight is 267 g/mol. The number of hydrogen-bond donors (Lipinski definition) is 1. The maximum Gasteiger partial charge on any atom is 0.334 e. The van der Waals surface area contributed by atoms with Crippen molar-refractivity contribution in [2.75, 3.05) is 27.3 Å². The largest absolute Gasteiger partial charge is 0.496 e. The highest BCUT2D eigenvalue weighted by molar-refractivity contribution is 5.72. The third kappa shape index (κ3) is 4.89. The Morgan fingerprint density at radius 1 is 1.42 bits per heavy atom. The average Bonchev–Trinajstić information content (AvgIpc) is 2.38. The molecule has 19 heavy (non-hydrogen) atoms. The van der Waals surface area contributed by atoms with E-state index in [0.29, 0.717) is 19.7 Å². The van der Waals surface area contributed by atoms with E-state index in [1.54, 1.807) is 14.0 Å². The van der Waals surface area contributed by atoms with E-state index in [0.717, 1.165) is 11.3 Å². The van der Waals surface area contributed by atoms with E-state index >= 15 is 0 Å². The van der Waals surface area contributed by atoms with Gasteiger partial charge in [0.15, 0.2) is 6.10 Å². The third-order valence-electron chi connectivity index (χ3n) is 2.75. The first kappa shape index (κ1) is 15.5. The van der Waals surface area contributed by atoms with Crippen LogP contribution < -0.4 is 4.74 Å². The highest BCUT2D eigenvalue weighted by Crippen LogP contribution is 2.18. The summed E-state index contributed by atoms with van der Waals surface area (Å²) in [5.41, 5.74) is 1.02. The van der Waals surface area contributed by atoms with Gasteiger partial charge in [-0.2, -0.15) is 0 Å². The topological polar surface area (TPSA) is 59.0 Å². The van der Waals surface area contributed by atoms with Crippen molar-refractivity contribution in [2.45, 2.75) is 19.6 Å². The van der Waals surface area contributed by atoms with Gasteiger partial charge in [-0.05, 0) is 20.0 Å². The Morgan fingerprint density at radius 3 is 2.68 bits per heavy atom. The van der Waals surface area contributed by atoms with Crippen molar-refractivity contribution in [3.05, 3.63) is 29.8 Å². The zero-order valence-corrected chi connectivity index (χ0v) is 11.6. The Morgan fingerprint density at radius 2 is 2.11 bits per heavy atom. The molecule has 0 aliphatic rings. The summed E-state index contributed by atoms with van der Waals surface area (Å²) in [4.78, 5) is 12.9. The van der Waals surface area contributed by atoms with Crippen LogP contribution in [0.15, 0.2) is 24.3 Å². The molecule has 0 bridgehead atoms. The summed E-state index contributed by atoms with van der Waals surface area (Å²) in [6.07, 6.45) is -0.801. The molecule has 0 radical (unpaired) electrons. The lowest BCUT2D eigenvalue weighted by Gasteiger charge is -2.22. The number of carboxylic acid groups (broad SMARTS) is 1. The molecule has 5 nitrogen and oxygen atoms in total. The van der Waals surface area contributed by atoms with Gasteiger partial charge in [0.2, 0.25) is 0 Å². The Labute approximate surface area is 113 Å². The van der Waals surface area contributed by atoms with Gasteiger partial charge in [-0.3, -0.25) is 4.90 Å². The summed E-state index contributed by atoms with van der Waals surface area (Å²) in [5.74, 6) is -0.133. The van der Waals surface area contributed by atoms with Crippen molar-refractivity contribution >= 4 is 5.97 Å². The molecule has 0 spiro atoms. The van der Waals surface area contributed by atoms with Crippen LogP contribution in [0.5, 0.6) is 5.75 Å². The number of rotatable bonds is 8. The summed E-state index contributed by atoms with van der Waals surface area (Å²) < 4.78 is 10.5. The molecule has 0 aliphatic heterocycles. The number of methoxy groups -OCH3 is 1. The molecular weight excluding hydrogens is 246 g/mol. The molecule has 0 aromatic heterocycles. The molecule has 1 N–H and O–H groups in total. The minimum atomic E-state index is -0.936. The third-order valence-corrected chi connectivity index (χ3v) is 2.75. The van der Waals surface area contributed by atoms with Crippen LogP contribution in [0.25, 0.3) is 0 Å². The molecule has 5 heteroatoms. The van der Waals surface area contributed by atoms with Gasteiger partial charge in [-0.1, -0.05) is 18.2 Å². The molecular formula is C14H21NO4. The lowest BCUT2D eigenvalue weighted by atomic mass is 10.2. The number of benzene rings is 1. The number of likely N-dealkylation sites (N-methyl/N-ethyl adjacent to an activating group) is 1. The van der Waals surface area contributed by atoms with Crippen LogP contribution in [0.3, 0.4) is 0 Å². The van der Waals surface area contributed by atoms with Gasteiger partial charge in [-0.25, -0.2) is 4.79 Å². The number of hydrogen-bond acceptors (Lipinski definition) is 4. The van der Waals surface area contributed by atoms with Gasteiger partial charge in [0.25, 0.3) is 0 Å². The molecule has 1 atom stereocenters. The van der Waals surface area contributed by atoms with Gasteiger partial charge >= 0.3 is 5.97 Å². The summed E-state index contributed by atoms with van der Waals surface area (Å²) in [7, 11) is 3.49. The Balaban J connectivity index is 2.63. The van der Waals surface area contributed by atoms with Gasteiger partial charge in [0, 0.05) is 25.3 Å². The smallest absolute Gasteiger partial charge is 0.334 e. The number of para-hydroxylation sites is 1. The Kier molecular flexibility index (Phi) is 6.32. The molecule has 0 amide bonds. The van der Waals surface area contributed by atoms with Gasteiger partial charge in [0.05, 0.1) is 7.11 Å². The Bertz CT molecular complexity index is 408. The lowest BCUT2D eigenvalue weighted by molar-refractivity contribution is -0.151. The number of carboxylic acids is 1. The van der Waals surface area contributed by atoms with Crippen molar-refractivity contribution < 1.29 is 19.4 Å². The van der Waals surface area contributed by atoms with Crippen LogP contribution >= 0.6 is 0 Å². The van der Waals surface area contributed by atoms with E-state index in [1.807, 2.05) is 36.2 Å². The highest BCUT2D eigenvalue weighted by atomic mass is 16.5. The second kappa shape index (κ2) is 7.76. The first-order valence-corrected chi connectivity index (χ1v) is 6.23. The van der Waals surface area contributed by atoms with E-state index in [9.17, 15) is 4.79 Å². The Hall–Kier alpha value is -1.59. The molecule has 0 saturated carbocycles. The summed E-state index contributed by atoms with van der Waals surface area (Å²) in [5, 5.41) is 9.04. The fraction of sp³-hybridized carbons (Fsp3) is 0.500. The van der Waals surface area contributed by atoms with Crippen LogP contribution in [0.2, 0.25) is 0 Å². The fourth-order valence-corrected chi connectivity index (χ4v) is 1.88. The second-order valence-electron chi connectivity index (χ2n) is 4.29. The van der Waals surface area contributed by atoms with E-state index in [1.165, 1.54) is 0 Å². The van der Waals surface area contributed by atoms with E-state index in [2.05, 4.69) is 0 Å². The molecule has 106 valence electrons. The molecule has 1 aromatic rings. The van der Waals surface area contributed by atoms with Crippen LogP contribution in [-0.2, 0) is 16.1 Å². The van der Waals surface area contributed by atoms with Gasteiger partial charge in [0.1, 0.15) is 5.75 Å². The quantitative estimate of drug-likeness (QED) is 0.775. The zero-order valence-electron chi connectivity index (χ0n) is 11.6. The van der Waals surface area contributed by atoms with Crippen LogP contribution in [0.1, 0.15) is 12.5 Å². The first-order valence-electron chi connectivity index (χ1n) is 6.23. The van der Waals surface area contributed by atoms with Crippen molar-refractivity contribution in [3.63, 3.8) is 0 Å². The van der Waals surface area contributed by atoms with Crippen LogP contribution in [0, 0.1) is 0 Å². The monoisotopic (exact) mass is 267 g/mol. The van der Waals surface area contributed by atoms with Gasteiger partial charge in [-0.15, -0.1) is 0 Å². The zero-order chi connectivity index (χ0) is 14.3. The number of aliphatic carboxylic acids is 1. The molecule has 1 unspecified atom stereocenters. The lowest BCUT2D eigenvalue weighted by Crippen LogP contribution is -2.36. The molecule has 0 aliphatic carbocycles. The first-order chi connectivity index (χ1) is 9.08. The fourth-order valence-electron chi connectivity index (χ4n) is 1.88. The highest BCUT2D eigenvalue weighted by Gasteiger charge is 2.20. The number of ether oxygens (including phenoxy) is 2. The minimum Gasteiger partial charge on any atom is -0.496 e. The molecule has 1 rings (SSSR count). The SMILES string of the molecule is CCOC(CN(C)Cc1ccccc1OC)C(=O)O. The van der Waals surface area contributed by atoms with E-state index < -0.39 is 12.1 Å². The van der Waals surface area contributed by atoms with E-state index in [-0.39, 0.29) is 0 Å². The molecule has 1 aromatic carbocycles. The predicted octanol–water partition coefficient (Wildman–Crippen LogP) is 1.62. The number of carbonyl (C=O) groups is 1. The predicted molar refractivity (Wildman–Crippen MR) is 72.4 cm³/mol. The standard InChI is InChI=1S/C14H21NO4/c1-4-19-13(14(16)17)10-15(2)9-11-7-5-6-8-12(11)18-3/h5-8,13H,4,9-10H2,1-3H3,(H,16,17). The maximum atomic E-state index is 11.0. The van der Waals surface area contributed by atoms with Crippen LogP contribution in [0.4, 0.5) is 0 Å². The van der Waals surface area contributed by atoms with Crippen molar-refractivity contribution in [1.29, 1.82) is 0 Å². The molecule has 0 saturated heterocycles. The van der Waals surface area contributed by atoms with Crippen molar-refractivity contribution in [1.82, 2.24) is 4.90 Å². The summed E-state index contributed by atoms with van der Waals surface area (Å²) in [6, 6.07) is 7.69. The molecule has 0 fully saturated rings. The van der Waals surface area contributed by atoms with Crippen molar-refractivity contribution in [2.24, 2.45) is 0 Å². The van der Waals surface area contributed by atoms with E-state index in [4.69, 9.17) is 14.6 Å².